The predicted molar refractivity (Wildman–Crippen MR) is 69.2 cm³/mol. The number of benzene rings is 1. The first-order valence-electron chi connectivity index (χ1n) is 5.17. The average Bonchev–Trinajstić information content (AvgIpc) is 2.44. The summed E-state index contributed by atoms with van der Waals surface area (Å²) in [6, 6.07) is 5.65. The fraction of sp³-hybridized carbons (Fsp3) is 0.455. The fourth-order valence-corrected chi connectivity index (χ4v) is 4.19. The number of halogens is 1. The first-order chi connectivity index (χ1) is 7.40. The van der Waals surface area contributed by atoms with Gasteiger partial charge in [-0.15, -0.1) is 0 Å². The number of hydrogen-bond donors (Lipinski definition) is 0. The van der Waals surface area contributed by atoms with Crippen LogP contribution in [0, 0.1) is 12.8 Å². The van der Waals surface area contributed by atoms with Gasteiger partial charge in [-0.3, -0.25) is 4.31 Å². The van der Waals surface area contributed by atoms with Crippen molar-refractivity contribution in [3.05, 3.63) is 28.2 Å². The van der Waals surface area contributed by atoms with E-state index in [9.17, 15) is 8.42 Å². The summed E-state index contributed by atoms with van der Waals surface area (Å²) in [4.78, 5) is 0. The Morgan fingerprint density at radius 2 is 2.12 bits per heavy atom. The lowest BCUT2D eigenvalue weighted by atomic mass is 10.2. The summed E-state index contributed by atoms with van der Waals surface area (Å²) in [7, 11) is -3.11. The molecule has 1 atom stereocenters. The highest BCUT2D eigenvalue weighted by molar-refractivity contribution is 9.10. The second-order valence-electron chi connectivity index (χ2n) is 4.35. The smallest absolute Gasteiger partial charge is 0.235 e. The minimum Gasteiger partial charge on any atom is -0.270 e. The number of hydrogen-bond acceptors (Lipinski definition) is 2. The molecule has 1 heterocycles. The van der Waals surface area contributed by atoms with E-state index in [1.54, 1.807) is 0 Å². The molecule has 2 rings (SSSR count). The molecule has 0 aromatic heterocycles. The number of anilines is 1. The zero-order valence-corrected chi connectivity index (χ0v) is 11.7. The third-order valence-electron chi connectivity index (χ3n) is 2.75. The van der Waals surface area contributed by atoms with Crippen molar-refractivity contribution in [2.45, 2.75) is 13.8 Å². The number of sulfonamides is 1. The first-order valence-corrected chi connectivity index (χ1v) is 7.57. The first kappa shape index (κ1) is 11.9. The fourth-order valence-electron chi connectivity index (χ4n) is 1.90. The molecule has 1 fully saturated rings. The number of nitrogens with zero attached hydrogens (tertiary/aromatic N) is 1. The van der Waals surface area contributed by atoms with Crippen molar-refractivity contribution in [1.82, 2.24) is 0 Å². The van der Waals surface area contributed by atoms with Crippen molar-refractivity contribution >= 4 is 31.6 Å². The summed E-state index contributed by atoms with van der Waals surface area (Å²) in [6.45, 7) is 4.52. The molecule has 88 valence electrons. The minimum atomic E-state index is -3.11. The summed E-state index contributed by atoms with van der Waals surface area (Å²) in [5, 5.41) is 0. The van der Waals surface area contributed by atoms with Gasteiger partial charge in [0.05, 0.1) is 11.4 Å². The van der Waals surface area contributed by atoms with Crippen LogP contribution in [-0.4, -0.2) is 20.7 Å². The highest BCUT2D eigenvalue weighted by atomic mass is 79.9. The van der Waals surface area contributed by atoms with Crippen LogP contribution in [0.4, 0.5) is 5.69 Å². The summed E-state index contributed by atoms with van der Waals surface area (Å²) in [6.07, 6.45) is 0. The van der Waals surface area contributed by atoms with E-state index in [1.165, 1.54) is 4.31 Å². The van der Waals surface area contributed by atoms with Crippen LogP contribution in [-0.2, 0) is 10.0 Å². The topological polar surface area (TPSA) is 37.4 Å². The van der Waals surface area contributed by atoms with Crippen LogP contribution >= 0.6 is 15.9 Å². The van der Waals surface area contributed by atoms with Crippen LogP contribution in [0.15, 0.2) is 22.7 Å². The van der Waals surface area contributed by atoms with E-state index in [0.29, 0.717) is 6.54 Å². The standard InChI is InChI=1S/C11H14BrNO2S/c1-8-6-13(16(14,15)7-8)10-4-3-9(2)11(12)5-10/h3-5,8H,6-7H2,1-2H3. The van der Waals surface area contributed by atoms with Gasteiger partial charge in [0.25, 0.3) is 0 Å². The van der Waals surface area contributed by atoms with Crippen molar-refractivity contribution in [3.63, 3.8) is 0 Å². The molecule has 0 radical (unpaired) electrons. The van der Waals surface area contributed by atoms with Gasteiger partial charge in [0.15, 0.2) is 0 Å². The summed E-state index contributed by atoms with van der Waals surface area (Å²) in [5.41, 5.74) is 1.86. The molecule has 16 heavy (non-hydrogen) atoms. The highest BCUT2D eigenvalue weighted by Crippen LogP contribution is 2.30. The predicted octanol–water partition coefficient (Wildman–Crippen LogP) is 2.54. The van der Waals surface area contributed by atoms with Gasteiger partial charge < -0.3 is 0 Å². The molecule has 5 heteroatoms. The van der Waals surface area contributed by atoms with E-state index in [0.717, 1.165) is 15.7 Å². The molecule has 0 N–H and O–H groups in total. The van der Waals surface area contributed by atoms with Crippen molar-refractivity contribution < 1.29 is 8.42 Å². The van der Waals surface area contributed by atoms with Crippen molar-refractivity contribution in [1.29, 1.82) is 0 Å². The SMILES string of the molecule is Cc1ccc(N2CC(C)CS2(=O)=O)cc1Br. The Kier molecular flexibility index (Phi) is 3.01. The van der Waals surface area contributed by atoms with Gasteiger partial charge in [-0.1, -0.05) is 28.9 Å². The Morgan fingerprint density at radius 1 is 1.44 bits per heavy atom. The van der Waals surface area contributed by atoms with E-state index in [-0.39, 0.29) is 11.7 Å². The van der Waals surface area contributed by atoms with Gasteiger partial charge in [-0.25, -0.2) is 8.42 Å². The van der Waals surface area contributed by atoms with Crippen molar-refractivity contribution in [2.24, 2.45) is 5.92 Å². The molecule has 0 bridgehead atoms. The van der Waals surface area contributed by atoms with E-state index >= 15 is 0 Å². The lowest BCUT2D eigenvalue weighted by Crippen LogP contribution is -2.25. The molecule has 3 nitrogen and oxygen atoms in total. The maximum atomic E-state index is 11.9. The van der Waals surface area contributed by atoms with Gasteiger partial charge in [-0.05, 0) is 30.5 Å². The van der Waals surface area contributed by atoms with Gasteiger partial charge in [0.1, 0.15) is 0 Å². The third-order valence-corrected chi connectivity index (χ3v) is 5.63. The number of aryl methyl sites for hydroxylation is 1. The molecule has 1 aromatic rings. The molecule has 1 aromatic carbocycles. The van der Waals surface area contributed by atoms with E-state index < -0.39 is 10.0 Å². The summed E-state index contributed by atoms with van der Waals surface area (Å²) < 4.78 is 26.2. The maximum absolute atomic E-state index is 11.9. The Morgan fingerprint density at radius 3 is 2.62 bits per heavy atom. The second kappa shape index (κ2) is 4.04. The molecular weight excluding hydrogens is 290 g/mol. The third kappa shape index (κ3) is 2.11. The average molecular weight is 304 g/mol. The zero-order valence-electron chi connectivity index (χ0n) is 9.27. The van der Waals surface area contributed by atoms with Crippen LogP contribution in [0.25, 0.3) is 0 Å². The van der Waals surface area contributed by atoms with E-state index in [1.807, 2.05) is 32.0 Å². The molecule has 1 unspecified atom stereocenters. The minimum absolute atomic E-state index is 0.199. The summed E-state index contributed by atoms with van der Waals surface area (Å²) in [5.74, 6) is 0.448. The van der Waals surface area contributed by atoms with E-state index in [2.05, 4.69) is 15.9 Å². The maximum Gasteiger partial charge on any atom is 0.235 e. The van der Waals surface area contributed by atoms with Gasteiger partial charge in [0, 0.05) is 11.0 Å². The Balaban J connectivity index is 2.42. The molecule has 1 aliphatic heterocycles. The molecule has 0 saturated carbocycles. The van der Waals surface area contributed by atoms with Crippen LogP contribution in [0.1, 0.15) is 12.5 Å². The van der Waals surface area contributed by atoms with Gasteiger partial charge >= 0.3 is 0 Å². The Hall–Kier alpha value is -0.550. The number of rotatable bonds is 1. The zero-order chi connectivity index (χ0) is 11.9. The van der Waals surface area contributed by atoms with Crippen LogP contribution in [0.5, 0.6) is 0 Å². The van der Waals surface area contributed by atoms with Crippen molar-refractivity contribution in [2.75, 3.05) is 16.6 Å². The van der Waals surface area contributed by atoms with E-state index in [4.69, 9.17) is 0 Å². The largest absolute Gasteiger partial charge is 0.270 e. The Bertz CT molecular complexity index is 513. The Labute approximate surface area is 105 Å². The van der Waals surface area contributed by atoms with Crippen molar-refractivity contribution in [3.8, 4) is 0 Å². The lowest BCUT2D eigenvalue weighted by molar-refractivity contribution is 0.598. The lowest BCUT2D eigenvalue weighted by Gasteiger charge is -2.17. The molecule has 0 aliphatic carbocycles. The molecule has 1 aliphatic rings. The monoisotopic (exact) mass is 303 g/mol. The van der Waals surface area contributed by atoms with Crippen LogP contribution in [0.2, 0.25) is 0 Å². The molecule has 0 amide bonds. The highest BCUT2D eigenvalue weighted by Gasteiger charge is 2.33. The summed E-state index contributed by atoms with van der Waals surface area (Å²) >= 11 is 3.42. The molecular formula is C11H14BrNO2S. The molecule has 0 spiro atoms. The van der Waals surface area contributed by atoms with Gasteiger partial charge in [-0.2, -0.15) is 0 Å². The molecule has 1 saturated heterocycles. The van der Waals surface area contributed by atoms with Gasteiger partial charge in [0.2, 0.25) is 10.0 Å². The van der Waals surface area contributed by atoms with Crippen LogP contribution < -0.4 is 4.31 Å². The quantitative estimate of drug-likeness (QED) is 0.799. The second-order valence-corrected chi connectivity index (χ2v) is 7.14. The van der Waals surface area contributed by atoms with Crippen LogP contribution in [0.3, 0.4) is 0 Å². The normalized spacial score (nSPS) is 23.7.